The van der Waals surface area contributed by atoms with Gasteiger partial charge in [-0.1, -0.05) is 48.0 Å². The van der Waals surface area contributed by atoms with E-state index >= 15 is 0 Å². The molecule has 0 aliphatic carbocycles. The summed E-state index contributed by atoms with van der Waals surface area (Å²) in [6.07, 6.45) is 0. The Morgan fingerprint density at radius 2 is 1.81 bits per heavy atom. The number of rotatable bonds is 8. The Morgan fingerprint density at radius 3 is 2.48 bits per heavy atom. The zero-order valence-corrected chi connectivity index (χ0v) is 16.6. The van der Waals surface area contributed by atoms with E-state index in [1.54, 1.807) is 31.2 Å². The van der Waals surface area contributed by atoms with Gasteiger partial charge in [0.1, 0.15) is 11.8 Å². The molecule has 0 fully saturated rings. The number of aryl methyl sites for hydroxylation is 1. The Labute approximate surface area is 165 Å². The third-order valence-corrected chi connectivity index (χ3v) is 4.62. The summed E-state index contributed by atoms with van der Waals surface area (Å²) >= 11 is 6.08. The monoisotopic (exact) mass is 388 g/mol. The van der Waals surface area contributed by atoms with Crippen molar-refractivity contribution >= 4 is 23.4 Å². The molecular weight excluding hydrogens is 364 g/mol. The van der Waals surface area contributed by atoms with Crippen LogP contribution in [0.2, 0.25) is 5.02 Å². The number of ether oxygens (including phenoxy) is 1. The van der Waals surface area contributed by atoms with E-state index in [2.05, 4.69) is 5.32 Å². The van der Waals surface area contributed by atoms with Gasteiger partial charge in [0.05, 0.1) is 5.02 Å². The van der Waals surface area contributed by atoms with E-state index < -0.39 is 6.04 Å². The van der Waals surface area contributed by atoms with Crippen LogP contribution in [0.15, 0.2) is 48.5 Å². The topological polar surface area (TPSA) is 58.6 Å². The molecule has 1 atom stereocenters. The molecule has 0 saturated carbocycles. The summed E-state index contributed by atoms with van der Waals surface area (Å²) in [6.45, 7) is 6.19. The smallest absolute Gasteiger partial charge is 0.261 e. The minimum atomic E-state index is -0.619. The fourth-order valence-corrected chi connectivity index (χ4v) is 2.85. The first-order valence-corrected chi connectivity index (χ1v) is 9.30. The second-order valence-electron chi connectivity index (χ2n) is 6.24. The number of carbonyl (C=O) groups excluding carboxylic acids is 2. The first-order valence-electron chi connectivity index (χ1n) is 8.93. The van der Waals surface area contributed by atoms with E-state index in [-0.39, 0.29) is 18.4 Å². The molecule has 0 aliphatic rings. The van der Waals surface area contributed by atoms with Crippen molar-refractivity contribution in [1.29, 1.82) is 0 Å². The number of likely N-dealkylation sites (N-methyl/N-ethyl adjacent to an activating group) is 1. The van der Waals surface area contributed by atoms with Crippen molar-refractivity contribution in [3.05, 3.63) is 64.7 Å². The Kier molecular flexibility index (Phi) is 7.67. The molecule has 0 saturated heterocycles. The van der Waals surface area contributed by atoms with Crippen LogP contribution in [-0.4, -0.2) is 35.9 Å². The minimum Gasteiger partial charge on any atom is -0.482 e. The molecular formula is C21H25ClN2O3. The normalized spacial score (nSPS) is 11.6. The van der Waals surface area contributed by atoms with Crippen LogP contribution in [0.5, 0.6) is 5.75 Å². The third-order valence-electron chi connectivity index (χ3n) is 4.31. The molecule has 144 valence electrons. The molecule has 0 bridgehead atoms. The van der Waals surface area contributed by atoms with Gasteiger partial charge in [-0.25, -0.2) is 0 Å². The van der Waals surface area contributed by atoms with Crippen LogP contribution in [0.3, 0.4) is 0 Å². The molecule has 0 radical (unpaired) electrons. The first-order chi connectivity index (χ1) is 12.9. The molecule has 0 unspecified atom stereocenters. The lowest BCUT2D eigenvalue weighted by molar-refractivity contribution is -0.142. The average Bonchev–Trinajstić information content (AvgIpc) is 2.66. The van der Waals surface area contributed by atoms with Gasteiger partial charge in [0.15, 0.2) is 6.61 Å². The lowest BCUT2D eigenvalue weighted by Crippen LogP contribution is -2.49. The zero-order chi connectivity index (χ0) is 19.8. The SMILES string of the molecule is CCNC(=O)[C@H](C)N(Cc1ccccc1C)C(=O)COc1ccccc1Cl. The number of para-hydroxylation sites is 1. The summed E-state index contributed by atoms with van der Waals surface area (Å²) in [5.41, 5.74) is 2.05. The summed E-state index contributed by atoms with van der Waals surface area (Å²) in [5.74, 6) is -0.0388. The number of carbonyl (C=O) groups is 2. The summed E-state index contributed by atoms with van der Waals surface area (Å²) < 4.78 is 5.58. The Bertz CT molecular complexity index is 795. The van der Waals surface area contributed by atoms with E-state index in [1.807, 2.05) is 38.1 Å². The zero-order valence-electron chi connectivity index (χ0n) is 15.9. The highest BCUT2D eigenvalue weighted by atomic mass is 35.5. The molecule has 0 spiro atoms. The van der Waals surface area contributed by atoms with E-state index in [4.69, 9.17) is 16.3 Å². The number of halogens is 1. The number of hydrogen-bond acceptors (Lipinski definition) is 3. The van der Waals surface area contributed by atoms with Crippen LogP contribution in [0.4, 0.5) is 0 Å². The molecule has 1 N–H and O–H groups in total. The van der Waals surface area contributed by atoms with Crippen molar-refractivity contribution in [2.24, 2.45) is 0 Å². The minimum absolute atomic E-state index is 0.195. The van der Waals surface area contributed by atoms with E-state index in [0.717, 1.165) is 11.1 Å². The van der Waals surface area contributed by atoms with Crippen molar-refractivity contribution < 1.29 is 14.3 Å². The van der Waals surface area contributed by atoms with E-state index in [0.29, 0.717) is 23.9 Å². The maximum Gasteiger partial charge on any atom is 0.261 e. The number of benzene rings is 2. The second-order valence-corrected chi connectivity index (χ2v) is 6.64. The molecule has 6 heteroatoms. The lowest BCUT2D eigenvalue weighted by Gasteiger charge is -2.29. The molecule has 2 rings (SSSR count). The Morgan fingerprint density at radius 1 is 1.15 bits per heavy atom. The van der Waals surface area contributed by atoms with Crippen LogP contribution in [0.25, 0.3) is 0 Å². The molecule has 2 aromatic carbocycles. The van der Waals surface area contributed by atoms with Crippen molar-refractivity contribution in [3.8, 4) is 5.75 Å². The van der Waals surface area contributed by atoms with Gasteiger partial charge >= 0.3 is 0 Å². The van der Waals surface area contributed by atoms with Crippen molar-refractivity contribution in [2.45, 2.75) is 33.4 Å². The highest BCUT2D eigenvalue weighted by Gasteiger charge is 2.26. The molecule has 0 aromatic heterocycles. The van der Waals surface area contributed by atoms with E-state index in [1.165, 1.54) is 4.90 Å². The Balaban J connectivity index is 2.17. The highest BCUT2D eigenvalue weighted by molar-refractivity contribution is 6.32. The molecule has 5 nitrogen and oxygen atoms in total. The van der Waals surface area contributed by atoms with Crippen molar-refractivity contribution in [3.63, 3.8) is 0 Å². The molecule has 27 heavy (non-hydrogen) atoms. The van der Waals surface area contributed by atoms with E-state index in [9.17, 15) is 9.59 Å². The predicted molar refractivity (Wildman–Crippen MR) is 107 cm³/mol. The van der Waals surface area contributed by atoms with Gasteiger partial charge in [0.25, 0.3) is 5.91 Å². The second kappa shape index (κ2) is 9.97. The summed E-state index contributed by atoms with van der Waals surface area (Å²) in [4.78, 5) is 26.7. The number of amides is 2. The molecule has 2 aromatic rings. The molecule has 0 heterocycles. The lowest BCUT2D eigenvalue weighted by atomic mass is 10.1. The third kappa shape index (κ3) is 5.73. The van der Waals surface area contributed by atoms with Gasteiger partial charge in [-0.2, -0.15) is 0 Å². The largest absolute Gasteiger partial charge is 0.482 e. The number of hydrogen-bond donors (Lipinski definition) is 1. The van der Waals surface area contributed by atoms with Crippen LogP contribution in [0, 0.1) is 6.92 Å². The van der Waals surface area contributed by atoms with Gasteiger partial charge in [-0.3, -0.25) is 9.59 Å². The molecule has 2 amide bonds. The summed E-state index contributed by atoms with van der Waals surface area (Å²) in [6, 6.07) is 14.2. The van der Waals surface area contributed by atoms with Gasteiger partial charge in [0, 0.05) is 13.1 Å². The quantitative estimate of drug-likeness (QED) is 0.751. The van der Waals surface area contributed by atoms with Gasteiger partial charge in [-0.05, 0) is 44.0 Å². The predicted octanol–water partition coefficient (Wildman–Crippen LogP) is 3.58. The summed E-state index contributed by atoms with van der Waals surface area (Å²) in [7, 11) is 0. The fraction of sp³-hybridized carbons (Fsp3) is 0.333. The number of nitrogens with zero attached hydrogens (tertiary/aromatic N) is 1. The number of nitrogens with one attached hydrogen (secondary N) is 1. The Hall–Kier alpha value is -2.53. The van der Waals surface area contributed by atoms with Crippen LogP contribution < -0.4 is 10.1 Å². The van der Waals surface area contributed by atoms with Crippen LogP contribution in [-0.2, 0) is 16.1 Å². The summed E-state index contributed by atoms with van der Waals surface area (Å²) in [5, 5.41) is 3.21. The first kappa shape index (κ1) is 20.8. The van der Waals surface area contributed by atoms with Gasteiger partial charge in [0.2, 0.25) is 5.91 Å². The van der Waals surface area contributed by atoms with Crippen molar-refractivity contribution in [1.82, 2.24) is 10.2 Å². The highest BCUT2D eigenvalue weighted by Crippen LogP contribution is 2.23. The van der Waals surface area contributed by atoms with Crippen LogP contribution in [0.1, 0.15) is 25.0 Å². The standard InChI is InChI=1S/C21H25ClN2O3/c1-4-23-21(26)16(3)24(13-17-10-6-5-9-15(17)2)20(25)14-27-19-12-8-7-11-18(19)22/h5-12,16H,4,13-14H2,1-3H3,(H,23,26)/t16-/m0/s1. The van der Waals surface area contributed by atoms with Crippen molar-refractivity contribution in [2.75, 3.05) is 13.2 Å². The fourth-order valence-electron chi connectivity index (χ4n) is 2.66. The van der Waals surface area contributed by atoms with Gasteiger partial charge in [-0.15, -0.1) is 0 Å². The van der Waals surface area contributed by atoms with Gasteiger partial charge < -0.3 is 15.0 Å². The molecule has 0 aliphatic heterocycles. The van der Waals surface area contributed by atoms with Crippen LogP contribution >= 0.6 is 11.6 Å². The maximum absolute atomic E-state index is 12.9. The maximum atomic E-state index is 12.9. The average molecular weight is 389 g/mol.